The van der Waals surface area contributed by atoms with Crippen molar-refractivity contribution in [3.8, 4) is 0 Å². The third-order valence-corrected chi connectivity index (χ3v) is 3.86. The molecule has 98 valence electrons. The molecule has 1 aromatic carbocycles. The molecule has 0 saturated heterocycles. The van der Waals surface area contributed by atoms with Gasteiger partial charge in [-0.25, -0.2) is 0 Å². The molecular weight excluding hydrogens is 224 g/mol. The number of amides is 1. The third kappa shape index (κ3) is 3.10. The van der Waals surface area contributed by atoms with Crippen molar-refractivity contribution >= 4 is 5.91 Å². The Bertz CT molecular complexity index is 424. The van der Waals surface area contributed by atoms with Crippen LogP contribution >= 0.6 is 0 Å². The maximum Gasteiger partial charge on any atom is 0.251 e. The second-order valence-electron chi connectivity index (χ2n) is 5.59. The first-order valence-corrected chi connectivity index (χ1v) is 6.70. The van der Waals surface area contributed by atoms with Crippen LogP contribution in [0.3, 0.4) is 0 Å². The Morgan fingerprint density at radius 2 is 2.22 bits per heavy atom. The Kier molecular flexibility index (Phi) is 4.02. The van der Waals surface area contributed by atoms with Crippen molar-refractivity contribution in [2.24, 2.45) is 11.1 Å². The summed E-state index contributed by atoms with van der Waals surface area (Å²) in [6.07, 6.45) is 4.55. The summed E-state index contributed by atoms with van der Waals surface area (Å²) in [6, 6.07) is 7.73. The van der Waals surface area contributed by atoms with Crippen LogP contribution in [0, 0.1) is 5.41 Å². The fourth-order valence-electron chi connectivity index (χ4n) is 2.39. The highest BCUT2D eigenvalue weighted by atomic mass is 16.1. The Labute approximate surface area is 109 Å². The summed E-state index contributed by atoms with van der Waals surface area (Å²) in [5, 5.41) is 3.04. The number of nitrogens with two attached hydrogens (primary N) is 1. The molecule has 0 atom stereocenters. The van der Waals surface area contributed by atoms with Crippen LogP contribution in [0.15, 0.2) is 24.3 Å². The molecule has 1 amide bonds. The van der Waals surface area contributed by atoms with Gasteiger partial charge in [-0.05, 0) is 48.9 Å². The van der Waals surface area contributed by atoms with E-state index in [1.807, 2.05) is 24.3 Å². The number of carbonyl (C=O) groups is 1. The molecule has 0 heterocycles. The molecule has 0 bridgehead atoms. The van der Waals surface area contributed by atoms with Crippen molar-refractivity contribution in [2.75, 3.05) is 13.1 Å². The molecule has 1 aliphatic carbocycles. The maximum atomic E-state index is 12.0. The summed E-state index contributed by atoms with van der Waals surface area (Å²) in [4.78, 5) is 12.0. The van der Waals surface area contributed by atoms with Crippen molar-refractivity contribution in [3.05, 3.63) is 35.4 Å². The fraction of sp³-hybridized carbons (Fsp3) is 0.533. The average Bonchev–Trinajstić information content (AvgIpc) is 2.34. The Balaban J connectivity index is 1.93. The van der Waals surface area contributed by atoms with Gasteiger partial charge in [-0.1, -0.05) is 25.5 Å². The molecule has 1 saturated carbocycles. The minimum atomic E-state index is 0.0296. The van der Waals surface area contributed by atoms with Gasteiger partial charge in [-0.3, -0.25) is 4.79 Å². The number of hydrogen-bond donors (Lipinski definition) is 2. The fourth-order valence-corrected chi connectivity index (χ4v) is 2.39. The van der Waals surface area contributed by atoms with Crippen LogP contribution in [0.1, 0.15) is 42.1 Å². The molecule has 1 fully saturated rings. The smallest absolute Gasteiger partial charge is 0.251 e. The van der Waals surface area contributed by atoms with Gasteiger partial charge in [0.25, 0.3) is 5.91 Å². The maximum absolute atomic E-state index is 12.0. The molecule has 18 heavy (non-hydrogen) atoms. The molecule has 3 heteroatoms. The molecule has 2 rings (SSSR count). The van der Waals surface area contributed by atoms with Crippen molar-refractivity contribution in [3.63, 3.8) is 0 Å². The Hall–Kier alpha value is -1.35. The van der Waals surface area contributed by atoms with Crippen molar-refractivity contribution < 1.29 is 4.79 Å². The number of carbonyl (C=O) groups excluding carboxylic acids is 1. The number of hydrogen-bond acceptors (Lipinski definition) is 2. The second-order valence-corrected chi connectivity index (χ2v) is 5.59. The van der Waals surface area contributed by atoms with Gasteiger partial charge in [0.2, 0.25) is 0 Å². The molecule has 3 N–H and O–H groups in total. The van der Waals surface area contributed by atoms with E-state index < -0.39 is 0 Å². The van der Waals surface area contributed by atoms with Gasteiger partial charge < -0.3 is 11.1 Å². The van der Waals surface area contributed by atoms with Crippen LogP contribution in [-0.2, 0) is 6.42 Å². The lowest BCUT2D eigenvalue weighted by atomic mass is 9.70. The van der Waals surface area contributed by atoms with E-state index in [0.717, 1.165) is 24.1 Å². The van der Waals surface area contributed by atoms with E-state index in [9.17, 15) is 4.79 Å². The summed E-state index contributed by atoms with van der Waals surface area (Å²) in [5.41, 5.74) is 7.72. The molecule has 0 radical (unpaired) electrons. The van der Waals surface area contributed by atoms with E-state index in [2.05, 4.69) is 12.2 Å². The average molecular weight is 246 g/mol. The Morgan fingerprint density at radius 1 is 1.44 bits per heavy atom. The predicted molar refractivity (Wildman–Crippen MR) is 73.5 cm³/mol. The highest BCUT2D eigenvalue weighted by molar-refractivity contribution is 5.94. The van der Waals surface area contributed by atoms with Gasteiger partial charge in [0, 0.05) is 12.1 Å². The molecule has 0 aliphatic heterocycles. The first-order chi connectivity index (χ1) is 8.63. The minimum Gasteiger partial charge on any atom is -0.351 e. The molecule has 3 nitrogen and oxygen atoms in total. The third-order valence-electron chi connectivity index (χ3n) is 3.86. The summed E-state index contributed by atoms with van der Waals surface area (Å²) in [7, 11) is 0. The summed E-state index contributed by atoms with van der Waals surface area (Å²) in [6.45, 7) is 3.64. The molecule has 1 aliphatic rings. The van der Waals surface area contributed by atoms with Crippen LogP contribution < -0.4 is 11.1 Å². The lowest BCUT2D eigenvalue weighted by Gasteiger charge is -2.38. The number of nitrogens with one attached hydrogen (secondary N) is 1. The van der Waals surface area contributed by atoms with Crippen LogP contribution in [0.2, 0.25) is 0 Å². The lowest BCUT2D eigenvalue weighted by molar-refractivity contribution is 0.0890. The summed E-state index contributed by atoms with van der Waals surface area (Å²) >= 11 is 0. The van der Waals surface area contributed by atoms with Crippen molar-refractivity contribution in [1.29, 1.82) is 0 Å². The molecule has 0 unspecified atom stereocenters. The van der Waals surface area contributed by atoms with Gasteiger partial charge in [0.1, 0.15) is 0 Å². The topological polar surface area (TPSA) is 55.1 Å². The van der Waals surface area contributed by atoms with E-state index in [4.69, 9.17) is 5.73 Å². The largest absolute Gasteiger partial charge is 0.351 e. The summed E-state index contributed by atoms with van der Waals surface area (Å²) < 4.78 is 0. The van der Waals surface area contributed by atoms with E-state index in [1.54, 1.807) is 0 Å². The van der Waals surface area contributed by atoms with E-state index in [1.165, 1.54) is 19.3 Å². The van der Waals surface area contributed by atoms with Crippen LogP contribution in [-0.4, -0.2) is 19.0 Å². The zero-order valence-electron chi connectivity index (χ0n) is 11.0. The zero-order valence-corrected chi connectivity index (χ0v) is 11.0. The van der Waals surface area contributed by atoms with Gasteiger partial charge in [-0.2, -0.15) is 0 Å². The normalized spacial score (nSPS) is 17.0. The van der Waals surface area contributed by atoms with Crippen molar-refractivity contribution in [2.45, 2.75) is 32.6 Å². The zero-order chi connectivity index (χ0) is 13.0. The van der Waals surface area contributed by atoms with E-state index >= 15 is 0 Å². The van der Waals surface area contributed by atoms with Gasteiger partial charge in [-0.15, -0.1) is 0 Å². The monoisotopic (exact) mass is 246 g/mol. The molecule has 0 aromatic heterocycles. The molecular formula is C15H22N2O. The quantitative estimate of drug-likeness (QED) is 0.836. The van der Waals surface area contributed by atoms with E-state index in [-0.39, 0.29) is 5.91 Å². The first kappa shape index (κ1) is 13.1. The first-order valence-electron chi connectivity index (χ1n) is 6.70. The lowest BCUT2D eigenvalue weighted by Crippen LogP contribution is -2.39. The number of benzene rings is 1. The van der Waals surface area contributed by atoms with E-state index in [0.29, 0.717) is 12.0 Å². The van der Waals surface area contributed by atoms with Crippen molar-refractivity contribution in [1.82, 2.24) is 5.32 Å². The van der Waals surface area contributed by atoms with Gasteiger partial charge in [0.15, 0.2) is 0 Å². The minimum absolute atomic E-state index is 0.0296. The predicted octanol–water partition coefficient (Wildman–Crippen LogP) is 2.11. The Morgan fingerprint density at radius 3 is 2.83 bits per heavy atom. The molecule has 1 aromatic rings. The van der Waals surface area contributed by atoms with Gasteiger partial charge in [0.05, 0.1) is 0 Å². The number of rotatable bonds is 5. The second kappa shape index (κ2) is 5.53. The van der Waals surface area contributed by atoms with Crippen LogP contribution in [0.5, 0.6) is 0 Å². The SMILES string of the molecule is CC1(CNC(=O)c2cccc(CCN)c2)CCC1. The highest BCUT2D eigenvalue weighted by Gasteiger charge is 2.31. The highest BCUT2D eigenvalue weighted by Crippen LogP contribution is 2.39. The summed E-state index contributed by atoms with van der Waals surface area (Å²) in [5.74, 6) is 0.0296. The van der Waals surface area contributed by atoms with Crippen LogP contribution in [0.4, 0.5) is 0 Å². The van der Waals surface area contributed by atoms with Gasteiger partial charge >= 0.3 is 0 Å². The standard InChI is InChI=1S/C15H22N2O/c1-15(7-3-8-15)11-17-14(18)13-5-2-4-12(10-13)6-9-16/h2,4-5,10H,3,6-9,11,16H2,1H3,(H,17,18). The van der Waals surface area contributed by atoms with Crippen LogP contribution in [0.25, 0.3) is 0 Å². The molecule has 0 spiro atoms.